The molecule has 0 spiro atoms. The normalized spacial score (nSPS) is 20.8. The molecule has 32 heavy (non-hydrogen) atoms. The standard InChI is InChI=1S/C23H26Cl2N4O3/c24-18-5-4-16(13-19(18)25)22(31)27-14-21(30)29-10-6-17(15-29)28-11-7-23(32,8-12-28)20-3-1-2-9-26-20/h1-5,9,13,17,32H,6-8,10-12,14-15H2,(H,27,31). The first-order chi connectivity index (χ1) is 15.4. The number of hydrogen-bond donors (Lipinski definition) is 2. The summed E-state index contributed by atoms with van der Waals surface area (Å²) in [7, 11) is 0. The number of amides is 2. The van der Waals surface area contributed by atoms with E-state index in [0.29, 0.717) is 41.5 Å². The number of carbonyl (C=O) groups excluding carboxylic acids is 2. The van der Waals surface area contributed by atoms with Gasteiger partial charge in [-0.3, -0.25) is 19.5 Å². The highest BCUT2D eigenvalue weighted by molar-refractivity contribution is 6.42. The monoisotopic (exact) mass is 476 g/mol. The fourth-order valence-corrected chi connectivity index (χ4v) is 4.72. The first-order valence-corrected chi connectivity index (χ1v) is 11.5. The molecule has 4 rings (SSSR count). The number of likely N-dealkylation sites (tertiary alicyclic amines) is 2. The van der Waals surface area contributed by atoms with Crippen molar-refractivity contribution in [3.63, 3.8) is 0 Å². The number of nitrogens with zero attached hydrogens (tertiary/aromatic N) is 3. The van der Waals surface area contributed by atoms with Crippen LogP contribution >= 0.6 is 23.2 Å². The first-order valence-electron chi connectivity index (χ1n) is 10.7. The number of benzene rings is 1. The maximum Gasteiger partial charge on any atom is 0.251 e. The van der Waals surface area contributed by atoms with E-state index < -0.39 is 5.60 Å². The van der Waals surface area contributed by atoms with Gasteiger partial charge in [-0.25, -0.2) is 0 Å². The van der Waals surface area contributed by atoms with Crippen LogP contribution in [0.3, 0.4) is 0 Å². The summed E-state index contributed by atoms with van der Waals surface area (Å²) < 4.78 is 0. The Kier molecular flexibility index (Phi) is 7.00. The second-order valence-electron chi connectivity index (χ2n) is 8.38. The van der Waals surface area contributed by atoms with Crippen LogP contribution in [0, 0.1) is 0 Å². The topological polar surface area (TPSA) is 85.8 Å². The van der Waals surface area contributed by atoms with Gasteiger partial charge in [-0.1, -0.05) is 29.3 Å². The highest BCUT2D eigenvalue weighted by Crippen LogP contribution is 2.33. The Morgan fingerprint density at radius 1 is 1.12 bits per heavy atom. The minimum Gasteiger partial charge on any atom is -0.383 e. The minimum absolute atomic E-state index is 0.0643. The quantitative estimate of drug-likeness (QED) is 0.692. The summed E-state index contributed by atoms with van der Waals surface area (Å²) in [6, 6.07) is 10.5. The van der Waals surface area contributed by atoms with Crippen molar-refractivity contribution in [3.05, 3.63) is 63.9 Å². The third-order valence-electron chi connectivity index (χ3n) is 6.38. The molecule has 2 aromatic rings. The fraction of sp³-hybridized carbons (Fsp3) is 0.435. The summed E-state index contributed by atoms with van der Waals surface area (Å²) in [6.45, 7) is 2.74. The molecule has 1 atom stereocenters. The van der Waals surface area contributed by atoms with Gasteiger partial charge < -0.3 is 15.3 Å². The van der Waals surface area contributed by atoms with Gasteiger partial charge in [-0.05, 0) is 49.6 Å². The van der Waals surface area contributed by atoms with E-state index in [1.165, 1.54) is 6.07 Å². The van der Waals surface area contributed by atoms with Gasteiger partial charge in [-0.15, -0.1) is 0 Å². The Morgan fingerprint density at radius 3 is 2.59 bits per heavy atom. The Labute approximate surface area is 197 Å². The molecule has 1 aromatic carbocycles. The van der Waals surface area contributed by atoms with Crippen LogP contribution in [-0.4, -0.2) is 70.5 Å². The lowest BCUT2D eigenvalue weighted by Gasteiger charge is -2.40. The van der Waals surface area contributed by atoms with Gasteiger partial charge in [0.2, 0.25) is 5.91 Å². The van der Waals surface area contributed by atoms with Crippen LogP contribution in [0.25, 0.3) is 0 Å². The average Bonchev–Trinajstić information content (AvgIpc) is 3.30. The third-order valence-corrected chi connectivity index (χ3v) is 7.12. The number of piperidine rings is 1. The van der Waals surface area contributed by atoms with E-state index in [1.54, 1.807) is 23.2 Å². The molecular formula is C23H26Cl2N4O3. The minimum atomic E-state index is -0.888. The smallest absolute Gasteiger partial charge is 0.251 e. The predicted octanol–water partition coefficient (Wildman–Crippen LogP) is 2.70. The maximum absolute atomic E-state index is 12.6. The molecule has 9 heteroatoms. The number of aliphatic hydroxyl groups is 1. The molecule has 1 unspecified atom stereocenters. The van der Waals surface area contributed by atoms with Crippen LogP contribution in [-0.2, 0) is 10.4 Å². The highest BCUT2D eigenvalue weighted by atomic mass is 35.5. The summed E-state index contributed by atoms with van der Waals surface area (Å²) in [4.78, 5) is 33.4. The van der Waals surface area contributed by atoms with Crippen molar-refractivity contribution in [2.45, 2.75) is 30.9 Å². The van der Waals surface area contributed by atoms with Gasteiger partial charge in [0.05, 0.1) is 22.3 Å². The lowest BCUT2D eigenvalue weighted by molar-refractivity contribution is -0.129. The second kappa shape index (κ2) is 9.75. The van der Waals surface area contributed by atoms with E-state index in [-0.39, 0.29) is 24.4 Å². The van der Waals surface area contributed by atoms with Crippen LogP contribution in [0.1, 0.15) is 35.3 Å². The number of rotatable bonds is 5. The summed E-state index contributed by atoms with van der Waals surface area (Å²) in [5, 5.41) is 14.3. The number of nitrogens with one attached hydrogen (secondary N) is 1. The molecule has 2 fully saturated rings. The maximum atomic E-state index is 12.6. The highest BCUT2D eigenvalue weighted by Gasteiger charge is 2.39. The number of carbonyl (C=O) groups is 2. The van der Waals surface area contributed by atoms with E-state index in [2.05, 4.69) is 15.2 Å². The molecule has 3 heterocycles. The van der Waals surface area contributed by atoms with Gasteiger partial charge in [0.15, 0.2) is 0 Å². The number of pyridine rings is 1. The summed E-state index contributed by atoms with van der Waals surface area (Å²) in [5.74, 6) is -0.472. The SMILES string of the molecule is O=C(NCC(=O)N1CCC(N2CCC(O)(c3ccccn3)CC2)C1)c1ccc(Cl)c(Cl)c1. The fourth-order valence-electron chi connectivity index (χ4n) is 4.43. The van der Waals surface area contributed by atoms with Crippen LogP contribution in [0.5, 0.6) is 0 Å². The van der Waals surface area contributed by atoms with E-state index in [0.717, 1.165) is 25.2 Å². The molecule has 2 aliphatic rings. The van der Waals surface area contributed by atoms with Crippen molar-refractivity contribution in [2.75, 3.05) is 32.7 Å². The van der Waals surface area contributed by atoms with Gasteiger partial charge in [0.1, 0.15) is 5.60 Å². The molecule has 0 saturated carbocycles. The van der Waals surface area contributed by atoms with Gasteiger partial charge >= 0.3 is 0 Å². The van der Waals surface area contributed by atoms with Crippen molar-refractivity contribution >= 4 is 35.0 Å². The van der Waals surface area contributed by atoms with Crippen molar-refractivity contribution in [1.82, 2.24) is 20.1 Å². The molecule has 0 aliphatic carbocycles. The molecule has 0 bridgehead atoms. The van der Waals surface area contributed by atoms with E-state index >= 15 is 0 Å². The molecular weight excluding hydrogens is 451 g/mol. The predicted molar refractivity (Wildman–Crippen MR) is 123 cm³/mol. The lowest BCUT2D eigenvalue weighted by atomic mass is 9.87. The zero-order valence-electron chi connectivity index (χ0n) is 17.6. The number of halogens is 2. The van der Waals surface area contributed by atoms with Crippen LogP contribution < -0.4 is 5.32 Å². The average molecular weight is 477 g/mol. The van der Waals surface area contributed by atoms with Crippen molar-refractivity contribution < 1.29 is 14.7 Å². The molecule has 2 aliphatic heterocycles. The van der Waals surface area contributed by atoms with Crippen molar-refractivity contribution in [2.24, 2.45) is 0 Å². The summed E-state index contributed by atoms with van der Waals surface area (Å²) in [5.41, 5.74) is 0.196. The van der Waals surface area contributed by atoms with Gasteiger partial charge in [0.25, 0.3) is 5.91 Å². The number of aromatic nitrogens is 1. The van der Waals surface area contributed by atoms with Crippen molar-refractivity contribution in [3.8, 4) is 0 Å². The summed E-state index contributed by atoms with van der Waals surface area (Å²) in [6.07, 6.45) is 3.83. The molecule has 2 amide bonds. The molecule has 170 valence electrons. The zero-order valence-corrected chi connectivity index (χ0v) is 19.1. The molecule has 7 nitrogen and oxygen atoms in total. The van der Waals surface area contributed by atoms with Crippen LogP contribution in [0.4, 0.5) is 0 Å². The van der Waals surface area contributed by atoms with E-state index in [1.807, 2.05) is 18.2 Å². The Bertz CT molecular complexity index is 980. The molecule has 0 radical (unpaired) electrons. The largest absolute Gasteiger partial charge is 0.383 e. The van der Waals surface area contributed by atoms with E-state index in [9.17, 15) is 14.7 Å². The zero-order chi connectivity index (χ0) is 22.7. The van der Waals surface area contributed by atoms with Gasteiger partial charge in [-0.2, -0.15) is 0 Å². The van der Waals surface area contributed by atoms with Gasteiger partial charge in [0, 0.05) is 44.0 Å². The van der Waals surface area contributed by atoms with Crippen LogP contribution in [0.15, 0.2) is 42.6 Å². The molecule has 2 saturated heterocycles. The summed E-state index contributed by atoms with van der Waals surface area (Å²) >= 11 is 11.8. The Balaban J connectivity index is 1.25. The first kappa shape index (κ1) is 23.0. The number of hydrogen-bond acceptors (Lipinski definition) is 5. The lowest BCUT2D eigenvalue weighted by Crippen LogP contribution is -2.48. The Hall–Kier alpha value is -2.19. The Morgan fingerprint density at radius 2 is 1.91 bits per heavy atom. The van der Waals surface area contributed by atoms with Crippen LogP contribution in [0.2, 0.25) is 10.0 Å². The van der Waals surface area contributed by atoms with Crippen molar-refractivity contribution in [1.29, 1.82) is 0 Å². The second-order valence-corrected chi connectivity index (χ2v) is 9.19. The molecule has 2 N–H and O–H groups in total. The third kappa shape index (κ3) is 5.07. The van der Waals surface area contributed by atoms with E-state index in [4.69, 9.17) is 23.2 Å². The molecule has 1 aromatic heterocycles.